The Kier molecular flexibility index (Phi) is 6.83. The van der Waals surface area contributed by atoms with E-state index >= 15 is 0 Å². The number of nitrogens with one attached hydrogen (secondary N) is 2. The first-order chi connectivity index (χ1) is 15.0. The van der Waals surface area contributed by atoms with E-state index in [1.807, 2.05) is 30.3 Å². The number of carbonyl (C=O) groups excluding carboxylic acids is 1. The summed E-state index contributed by atoms with van der Waals surface area (Å²) in [4.78, 5) is 14.0. The second-order valence-electron chi connectivity index (χ2n) is 8.95. The summed E-state index contributed by atoms with van der Waals surface area (Å²) in [5, 5.41) is 2.84. The predicted octanol–water partition coefficient (Wildman–Crippen LogP) is 4.19. The van der Waals surface area contributed by atoms with Crippen molar-refractivity contribution in [2.45, 2.75) is 39.0 Å². The van der Waals surface area contributed by atoms with E-state index in [2.05, 4.69) is 30.8 Å². The number of anilines is 2. The van der Waals surface area contributed by atoms with Gasteiger partial charge in [-0.25, -0.2) is 13.2 Å². The van der Waals surface area contributed by atoms with Crippen molar-refractivity contribution >= 4 is 27.4 Å². The summed E-state index contributed by atoms with van der Waals surface area (Å²) < 4.78 is 31.1. The minimum atomic E-state index is -3.30. The van der Waals surface area contributed by atoms with Crippen molar-refractivity contribution in [1.29, 1.82) is 0 Å². The molecule has 1 aliphatic heterocycles. The number of aryl methyl sites for hydroxylation is 2. The van der Waals surface area contributed by atoms with Gasteiger partial charge in [0.05, 0.1) is 19.1 Å². The zero-order chi connectivity index (χ0) is 23.5. The maximum atomic E-state index is 12.4. The lowest BCUT2D eigenvalue weighted by Gasteiger charge is -2.29. The van der Waals surface area contributed by atoms with Crippen molar-refractivity contribution in [3.8, 4) is 5.75 Å². The summed E-state index contributed by atoms with van der Waals surface area (Å²) >= 11 is 0. The molecule has 0 atom stereocenters. The van der Waals surface area contributed by atoms with Crippen LogP contribution in [0.25, 0.3) is 0 Å². The van der Waals surface area contributed by atoms with E-state index in [9.17, 15) is 13.2 Å². The highest BCUT2D eigenvalue weighted by Gasteiger charge is 2.25. The Balaban J connectivity index is 1.92. The van der Waals surface area contributed by atoms with Crippen LogP contribution in [-0.4, -0.2) is 34.4 Å². The monoisotopic (exact) mass is 457 g/mol. The van der Waals surface area contributed by atoms with Gasteiger partial charge in [-0.2, -0.15) is 0 Å². The SMILES string of the molecule is COc1c(CCc2ccc(NS(C)(=O)=O)cc2)cc(N2C=CCNC2=O)cc1C(C)(C)C. The van der Waals surface area contributed by atoms with Crippen LogP contribution in [0.15, 0.2) is 48.7 Å². The Labute approximate surface area is 190 Å². The smallest absolute Gasteiger partial charge is 0.326 e. The molecule has 0 saturated carbocycles. The molecule has 1 heterocycles. The molecule has 2 aromatic rings. The number of urea groups is 1. The van der Waals surface area contributed by atoms with Crippen LogP contribution in [0, 0.1) is 0 Å². The van der Waals surface area contributed by atoms with Gasteiger partial charge in [-0.3, -0.25) is 9.62 Å². The molecule has 2 amide bonds. The Hall–Kier alpha value is -3.00. The molecule has 172 valence electrons. The Morgan fingerprint density at radius 3 is 2.38 bits per heavy atom. The van der Waals surface area contributed by atoms with Crippen molar-refractivity contribution in [3.05, 3.63) is 65.4 Å². The molecule has 1 aliphatic rings. The number of rotatable bonds is 7. The molecule has 0 bridgehead atoms. The highest BCUT2D eigenvalue weighted by atomic mass is 32.2. The van der Waals surface area contributed by atoms with Crippen LogP contribution in [-0.2, 0) is 28.3 Å². The lowest BCUT2D eigenvalue weighted by molar-refractivity contribution is 0.248. The third-order valence-electron chi connectivity index (χ3n) is 5.23. The minimum Gasteiger partial charge on any atom is -0.496 e. The number of methoxy groups -OCH3 is 1. The summed E-state index contributed by atoms with van der Waals surface area (Å²) in [6, 6.07) is 11.2. The van der Waals surface area contributed by atoms with E-state index in [1.54, 1.807) is 30.3 Å². The van der Waals surface area contributed by atoms with E-state index in [4.69, 9.17) is 4.74 Å². The minimum absolute atomic E-state index is 0.155. The predicted molar refractivity (Wildman–Crippen MR) is 129 cm³/mol. The number of sulfonamides is 1. The number of ether oxygens (including phenoxy) is 1. The normalized spacial score (nSPS) is 14.3. The zero-order valence-electron chi connectivity index (χ0n) is 19.2. The van der Waals surface area contributed by atoms with E-state index in [-0.39, 0.29) is 11.4 Å². The van der Waals surface area contributed by atoms with Crippen molar-refractivity contribution in [3.63, 3.8) is 0 Å². The summed E-state index contributed by atoms with van der Waals surface area (Å²) in [5.74, 6) is 0.831. The number of benzene rings is 2. The van der Waals surface area contributed by atoms with Crippen LogP contribution in [0.1, 0.15) is 37.5 Å². The molecule has 32 heavy (non-hydrogen) atoms. The van der Waals surface area contributed by atoms with Gasteiger partial charge < -0.3 is 10.1 Å². The molecule has 3 rings (SSSR count). The second kappa shape index (κ2) is 9.24. The van der Waals surface area contributed by atoms with E-state index < -0.39 is 10.0 Å². The number of hydrogen-bond acceptors (Lipinski definition) is 4. The Morgan fingerprint density at radius 2 is 1.81 bits per heavy atom. The van der Waals surface area contributed by atoms with Crippen molar-refractivity contribution < 1.29 is 17.9 Å². The molecule has 0 saturated heterocycles. The fourth-order valence-electron chi connectivity index (χ4n) is 3.69. The van der Waals surface area contributed by atoms with Gasteiger partial charge in [0, 0.05) is 24.0 Å². The lowest BCUT2D eigenvalue weighted by Crippen LogP contribution is -2.40. The van der Waals surface area contributed by atoms with Gasteiger partial charge in [0.1, 0.15) is 5.75 Å². The van der Waals surface area contributed by atoms with E-state index in [0.29, 0.717) is 18.7 Å². The Morgan fingerprint density at radius 1 is 1.12 bits per heavy atom. The third-order valence-corrected chi connectivity index (χ3v) is 5.83. The second-order valence-corrected chi connectivity index (χ2v) is 10.7. The first kappa shape index (κ1) is 23.7. The third kappa shape index (κ3) is 5.82. The van der Waals surface area contributed by atoms with Crippen molar-refractivity contribution in [2.24, 2.45) is 0 Å². The molecule has 2 aromatic carbocycles. The number of nitrogens with zero attached hydrogens (tertiary/aromatic N) is 1. The van der Waals surface area contributed by atoms with E-state index in [1.165, 1.54) is 0 Å². The molecular formula is C24H31N3O4S. The molecule has 7 nitrogen and oxygen atoms in total. The maximum absolute atomic E-state index is 12.4. The van der Waals surface area contributed by atoms with E-state index in [0.717, 1.165) is 40.8 Å². The lowest BCUT2D eigenvalue weighted by atomic mass is 9.84. The van der Waals surface area contributed by atoms with Crippen LogP contribution < -0.4 is 19.7 Å². The fourth-order valence-corrected chi connectivity index (χ4v) is 4.25. The molecule has 0 fully saturated rings. The standard InChI is InChI=1S/C24H31N3O4S/c1-24(2,3)21-16-20(27-14-6-13-25-23(27)28)15-18(22(21)31-4)10-7-17-8-11-19(12-9-17)26-32(5,29)30/h6,8-9,11-12,14-16,26H,7,10,13H2,1-5H3,(H,25,28). The van der Waals surface area contributed by atoms with Crippen molar-refractivity contribution in [2.75, 3.05) is 29.5 Å². The van der Waals surface area contributed by atoms with Crippen LogP contribution in [0.3, 0.4) is 0 Å². The van der Waals surface area contributed by atoms with Crippen LogP contribution in [0.2, 0.25) is 0 Å². The topological polar surface area (TPSA) is 87.7 Å². The molecular weight excluding hydrogens is 426 g/mol. The number of hydrogen-bond donors (Lipinski definition) is 2. The molecule has 0 aliphatic carbocycles. The average Bonchev–Trinajstić information content (AvgIpc) is 2.71. The van der Waals surface area contributed by atoms with Crippen LogP contribution >= 0.6 is 0 Å². The van der Waals surface area contributed by atoms with Gasteiger partial charge in [0.25, 0.3) is 0 Å². The summed E-state index contributed by atoms with van der Waals surface area (Å²) in [6.07, 6.45) is 6.28. The summed E-state index contributed by atoms with van der Waals surface area (Å²) in [6.45, 7) is 6.89. The molecule has 0 radical (unpaired) electrons. The molecule has 0 unspecified atom stereocenters. The van der Waals surface area contributed by atoms with Crippen molar-refractivity contribution in [1.82, 2.24) is 5.32 Å². The van der Waals surface area contributed by atoms with Gasteiger partial charge in [-0.15, -0.1) is 0 Å². The number of amides is 2. The average molecular weight is 458 g/mol. The van der Waals surface area contributed by atoms with Gasteiger partial charge in [-0.1, -0.05) is 32.9 Å². The Bertz CT molecular complexity index is 1120. The summed E-state index contributed by atoms with van der Waals surface area (Å²) in [7, 11) is -1.63. The van der Waals surface area contributed by atoms with Gasteiger partial charge >= 0.3 is 6.03 Å². The molecule has 2 N–H and O–H groups in total. The number of carbonyl (C=O) groups is 1. The van der Waals surface area contributed by atoms with Crippen LogP contribution in [0.5, 0.6) is 5.75 Å². The molecule has 8 heteroatoms. The quantitative estimate of drug-likeness (QED) is 0.653. The highest BCUT2D eigenvalue weighted by molar-refractivity contribution is 7.92. The molecule has 0 spiro atoms. The highest BCUT2D eigenvalue weighted by Crippen LogP contribution is 2.38. The zero-order valence-corrected chi connectivity index (χ0v) is 20.0. The molecule has 0 aromatic heterocycles. The van der Waals surface area contributed by atoms with Crippen LogP contribution in [0.4, 0.5) is 16.2 Å². The van der Waals surface area contributed by atoms with Gasteiger partial charge in [-0.05, 0) is 59.7 Å². The maximum Gasteiger partial charge on any atom is 0.326 e. The first-order valence-electron chi connectivity index (χ1n) is 10.5. The largest absolute Gasteiger partial charge is 0.496 e. The fraction of sp³-hybridized carbons (Fsp3) is 0.375. The van der Waals surface area contributed by atoms with Gasteiger partial charge in [0.2, 0.25) is 10.0 Å². The first-order valence-corrected chi connectivity index (χ1v) is 12.4. The van der Waals surface area contributed by atoms with Gasteiger partial charge in [0.15, 0.2) is 0 Å². The summed E-state index contributed by atoms with van der Waals surface area (Å²) in [5.41, 5.74) is 4.28.